The zero-order valence-electron chi connectivity index (χ0n) is 12.9. The number of hydrogen-bond donors (Lipinski definition) is 0. The number of halogens is 1. The number of esters is 1. The van der Waals surface area contributed by atoms with E-state index in [-0.39, 0.29) is 19.0 Å². The Hall–Kier alpha value is -2.99. The standard InChI is InChI=1S/C18H12ClNO5/c19-14-6-12(7-15-16(14)25-10-24-15)18(21)23-9-13-8-22-17(20-13)11-4-2-1-3-5-11/h1-8H,9-10H2. The van der Waals surface area contributed by atoms with Gasteiger partial charge < -0.3 is 18.6 Å². The second kappa shape index (κ2) is 6.49. The van der Waals surface area contributed by atoms with E-state index in [0.29, 0.717) is 28.1 Å². The monoisotopic (exact) mass is 357 g/mol. The third-order valence-corrected chi connectivity index (χ3v) is 3.87. The van der Waals surface area contributed by atoms with E-state index in [9.17, 15) is 4.79 Å². The smallest absolute Gasteiger partial charge is 0.338 e. The van der Waals surface area contributed by atoms with Crippen molar-refractivity contribution in [1.82, 2.24) is 4.98 Å². The number of oxazole rings is 1. The largest absolute Gasteiger partial charge is 0.455 e. The molecule has 126 valence electrons. The molecule has 3 aromatic rings. The number of ether oxygens (including phenoxy) is 3. The lowest BCUT2D eigenvalue weighted by Crippen LogP contribution is -2.05. The number of fused-ring (bicyclic) bond motifs is 1. The van der Waals surface area contributed by atoms with E-state index >= 15 is 0 Å². The summed E-state index contributed by atoms with van der Waals surface area (Å²) < 4.78 is 21.1. The van der Waals surface area contributed by atoms with Crippen LogP contribution in [0.2, 0.25) is 5.02 Å². The SMILES string of the molecule is O=C(OCc1coc(-c2ccccc2)n1)c1cc(Cl)c2c(c1)OCO2. The lowest BCUT2D eigenvalue weighted by Gasteiger charge is -2.05. The molecule has 0 fully saturated rings. The molecule has 6 nitrogen and oxygen atoms in total. The Morgan fingerprint density at radius 2 is 2.04 bits per heavy atom. The van der Waals surface area contributed by atoms with Crippen LogP contribution in [0.5, 0.6) is 11.5 Å². The lowest BCUT2D eigenvalue weighted by atomic mass is 10.2. The van der Waals surface area contributed by atoms with Crippen LogP contribution in [0.4, 0.5) is 0 Å². The van der Waals surface area contributed by atoms with Crippen LogP contribution in [-0.2, 0) is 11.3 Å². The van der Waals surface area contributed by atoms with E-state index in [4.69, 9.17) is 30.2 Å². The Morgan fingerprint density at radius 3 is 2.88 bits per heavy atom. The minimum Gasteiger partial charge on any atom is -0.455 e. The van der Waals surface area contributed by atoms with E-state index in [1.807, 2.05) is 30.3 Å². The fourth-order valence-electron chi connectivity index (χ4n) is 2.39. The molecule has 25 heavy (non-hydrogen) atoms. The summed E-state index contributed by atoms with van der Waals surface area (Å²) in [6.45, 7) is 0.0655. The topological polar surface area (TPSA) is 70.8 Å². The second-order valence-corrected chi connectivity index (χ2v) is 5.69. The summed E-state index contributed by atoms with van der Waals surface area (Å²) in [4.78, 5) is 16.5. The Labute approximate surface area is 147 Å². The number of nitrogens with zero attached hydrogens (tertiary/aromatic N) is 1. The van der Waals surface area contributed by atoms with Crippen LogP contribution in [-0.4, -0.2) is 17.7 Å². The predicted octanol–water partition coefficient (Wildman–Crippen LogP) is 4.08. The summed E-state index contributed by atoms with van der Waals surface area (Å²) in [6, 6.07) is 12.5. The molecule has 2 heterocycles. The van der Waals surface area contributed by atoms with Gasteiger partial charge in [-0.2, -0.15) is 0 Å². The summed E-state index contributed by atoms with van der Waals surface area (Å²) in [6.07, 6.45) is 1.46. The van der Waals surface area contributed by atoms with Gasteiger partial charge >= 0.3 is 5.97 Å². The molecule has 0 unspecified atom stereocenters. The maximum atomic E-state index is 12.2. The zero-order valence-corrected chi connectivity index (χ0v) is 13.7. The van der Waals surface area contributed by atoms with Crippen molar-refractivity contribution < 1.29 is 23.4 Å². The van der Waals surface area contributed by atoms with E-state index in [1.54, 1.807) is 0 Å². The third-order valence-electron chi connectivity index (χ3n) is 3.59. The molecule has 0 radical (unpaired) electrons. The van der Waals surface area contributed by atoms with E-state index in [1.165, 1.54) is 18.4 Å². The Kier molecular flexibility index (Phi) is 4.03. The maximum Gasteiger partial charge on any atom is 0.338 e. The molecule has 0 amide bonds. The average molecular weight is 358 g/mol. The highest BCUT2D eigenvalue weighted by atomic mass is 35.5. The predicted molar refractivity (Wildman–Crippen MR) is 88.6 cm³/mol. The molecule has 0 atom stereocenters. The molecule has 1 aliphatic heterocycles. The lowest BCUT2D eigenvalue weighted by molar-refractivity contribution is 0.0467. The first-order valence-corrected chi connectivity index (χ1v) is 7.84. The van der Waals surface area contributed by atoms with Crippen LogP contribution >= 0.6 is 11.6 Å². The van der Waals surface area contributed by atoms with Gasteiger partial charge in [-0.15, -0.1) is 0 Å². The van der Waals surface area contributed by atoms with Crippen molar-refractivity contribution in [3.05, 3.63) is 65.0 Å². The van der Waals surface area contributed by atoms with Crippen molar-refractivity contribution in [3.8, 4) is 23.0 Å². The van der Waals surface area contributed by atoms with Gasteiger partial charge in [0.15, 0.2) is 11.5 Å². The van der Waals surface area contributed by atoms with E-state index < -0.39 is 5.97 Å². The molecule has 1 aromatic heterocycles. The third kappa shape index (κ3) is 3.16. The number of benzene rings is 2. The van der Waals surface area contributed by atoms with Gasteiger partial charge in [0.05, 0.1) is 10.6 Å². The Bertz CT molecular complexity index is 922. The van der Waals surface area contributed by atoms with Crippen molar-refractivity contribution in [2.45, 2.75) is 6.61 Å². The highest BCUT2D eigenvalue weighted by molar-refractivity contribution is 6.32. The quantitative estimate of drug-likeness (QED) is 0.655. The molecule has 7 heteroatoms. The minimum absolute atomic E-state index is 0.0127. The molecule has 0 spiro atoms. The van der Waals surface area contributed by atoms with Gasteiger partial charge in [-0.1, -0.05) is 29.8 Å². The molecule has 0 aliphatic carbocycles. The van der Waals surface area contributed by atoms with Gasteiger partial charge in [-0.3, -0.25) is 0 Å². The number of carbonyl (C=O) groups excluding carboxylic acids is 1. The fraction of sp³-hybridized carbons (Fsp3) is 0.111. The highest BCUT2D eigenvalue weighted by Gasteiger charge is 2.21. The van der Waals surface area contributed by atoms with E-state index in [0.717, 1.165) is 5.56 Å². The number of hydrogen-bond acceptors (Lipinski definition) is 6. The summed E-state index contributed by atoms with van der Waals surface area (Å²) in [5, 5.41) is 0.301. The highest BCUT2D eigenvalue weighted by Crippen LogP contribution is 2.39. The molecule has 0 saturated heterocycles. The van der Waals surface area contributed by atoms with Gasteiger partial charge in [0.25, 0.3) is 0 Å². The number of carbonyl (C=O) groups is 1. The van der Waals surface area contributed by atoms with Crippen LogP contribution in [0.3, 0.4) is 0 Å². The summed E-state index contributed by atoms with van der Waals surface area (Å²) in [5.74, 6) is 0.789. The van der Waals surface area contributed by atoms with Gasteiger partial charge in [0.1, 0.15) is 18.6 Å². The second-order valence-electron chi connectivity index (χ2n) is 5.28. The van der Waals surface area contributed by atoms with Crippen LogP contribution in [0.1, 0.15) is 16.1 Å². The minimum atomic E-state index is -0.538. The summed E-state index contributed by atoms with van der Waals surface area (Å²) in [5.41, 5.74) is 1.64. The van der Waals surface area contributed by atoms with Crippen LogP contribution in [0.25, 0.3) is 11.5 Å². The Morgan fingerprint density at radius 1 is 1.20 bits per heavy atom. The van der Waals surface area contributed by atoms with Gasteiger partial charge in [0.2, 0.25) is 12.7 Å². The van der Waals surface area contributed by atoms with Gasteiger partial charge in [0, 0.05) is 5.56 Å². The summed E-state index contributed by atoms with van der Waals surface area (Å²) >= 11 is 6.07. The molecule has 1 aliphatic rings. The number of aromatic nitrogens is 1. The van der Waals surface area contributed by atoms with Gasteiger partial charge in [-0.05, 0) is 24.3 Å². The molecule has 4 rings (SSSR count). The Balaban J connectivity index is 1.44. The van der Waals surface area contributed by atoms with Crippen molar-refractivity contribution in [3.63, 3.8) is 0 Å². The molecule has 0 saturated carbocycles. The number of rotatable bonds is 4. The van der Waals surface area contributed by atoms with Crippen LogP contribution < -0.4 is 9.47 Å². The van der Waals surface area contributed by atoms with E-state index in [2.05, 4.69) is 4.98 Å². The molecule has 0 N–H and O–H groups in total. The van der Waals surface area contributed by atoms with Crippen molar-refractivity contribution in [1.29, 1.82) is 0 Å². The fourth-order valence-corrected chi connectivity index (χ4v) is 2.66. The van der Waals surface area contributed by atoms with Crippen LogP contribution in [0, 0.1) is 0 Å². The first kappa shape index (κ1) is 15.5. The van der Waals surface area contributed by atoms with Crippen LogP contribution in [0.15, 0.2) is 53.1 Å². The summed E-state index contributed by atoms with van der Waals surface area (Å²) in [7, 11) is 0. The maximum absolute atomic E-state index is 12.2. The van der Waals surface area contributed by atoms with Gasteiger partial charge in [-0.25, -0.2) is 9.78 Å². The first-order valence-electron chi connectivity index (χ1n) is 7.47. The van der Waals surface area contributed by atoms with Crippen molar-refractivity contribution in [2.24, 2.45) is 0 Å². The molecule has 0 bridgehead atoms. The van der Waals surface area contributed by atoms with Crippen molar-refractivity contribution in [2.75, 3.05) is 6.79 Å². The normalized spacial score (nSPS) is 12.2. The molecular weight excluding hydrogens is 346 g/mol. The average Bonchev–Trinajstić information content (AvgIpc) is 3.30. The zero-order chi connectivity index (χ0) is 17.2. The molecule has 2 aromatic carbocycles. The van der Waals surface area contributed by atoms with Crippen molar-refractivity contribution >= 4 is 17.6 Å². The molecular formula is C18H12ClNO5. The first-order chi connectivity index (χ1) is 12.2.